The zero-order chi connectivity index (χ0) is 16.6. The minimum atomic E-state index is -0.561. The van der Waals surface area contributed by atoms with Crippen LogP contribution in [-0.2, 0) is 32.5 Å². The lowest BCUT2D eigenvalue weighted by atomic mass is 9.92. The Hall–Kier alpha value is -1.89. The third-order valence-electron chi connectivity index (χ3n) is 4.79. The van der Waals surface area contributed by atoms with Gasteiger partial charge in [0, 0.05) is 25.7 Å². The number of ether oxygens (including phenoxy) is 2. The summed E-state index contributed by atoms with van der Waals surface area (Å²) in [5, 5.41) is 4.11. The van der Waals surface area contributed by atoms with E-state index in [0.717, 1.165) is 18.4 Å². The fourth-order valence-corrected chi connectivity index (χ4v) is 3.70. The molecule has 1 aromatic rings. The average molecular weight is 321 g/mol. The Balaban J connectivity index is 1.73. The van der Waals surface area contributed by atoms with E-state index in [1.54, 1.807) is 10.9 Å². The molecule has 0 unspecified atom stereocenters. The number of rotatable bonds is 3. The summed E-state index contributed by atoms with van der Waals surface area (Å²) in [5.74, 6) is -0.291. The third-order valence-corrected chi connectivity index (χ3v) is 4.79. The van der Waals surface area contributed by atoms with Crippen LogP contribution in [0.1, 0.15) is 31.7 Å². The molecule has 1 aromatic heterocycles. The van der Waals surface area contributed by atoms with E-state index < -0.39 is 6.10 Å². The molecule has 0 bridgehead atoms. The zero-order valence-corrected chi connectivity index (χ0v) is 13.8. The molecule has 2 fully saturated rings. The second kappa shape index (κ2) is 6.31. The summed E-state index contributed by atoms with van der Waals surface area (Å²) in [6, 6.07) is 0.104. The second-order valence-corrected chi connectivity index (χ2v) is 6.42. The maximum Gasteiger partial charge on any atom is 0.335 e. The molecular formula is C16H23N3O4. The highest BCUT2D eigenvalue weighted by molar-refractivity contribution is 5.80. The van der Waals surface area contributed by atoms with Crippen molar-refractivity contribution in [1.29, 1.82) is 0 Å². The Labute approximate surface area is 135 Å². The number of aryl methyl sites for hydroxylation is 1. The third kappa shape index (κ3) is 3.10. The molecule has 23 heavy (non-hydrogen) atoms. The van der Waals surface area contributed by atoms with Crippen LogP contribution < -0.4 is 0 Å². The van der Waals surface area contributed by atoms with Gasteiger partial charge in [0.05, 0.1) is 31.9 Å². The minimum absolute atomic E-state index is 0.0491. The van der Waals surface area contributed by atoms with Gasteiger partial charge in [0.1, 0.15) is 0 Å². The molecule has 3 heterocycles. The molecule has 0 saturated carbocycles. The highest BCUT2D eigenvalue weighted by Crippen LogP contribution is 2.35. The fourth-order valence-electron chi connectivity index (χ4n) is 3.70. The van der Waals surface area contributed by atoms with E-state index in [2.05, 4.69) is 12.0 Å². The predicted molar refractivity (Wildman–Crippen MR) is 81.5 cm³/mol. The Morgan fingerprint density at radius 3 is 2.87 bits per heavy atom. The molecule has 7 nitrogen and oxygen atoms in total. The summed E-state index contributed by atoms with van der Waals surface area (Å²) < 4.78 is 12.3. The van der Waals surface area contributed by atoms with Crippen molar-refractivity contribution in [3.63, 3.8) is 0 Å². The Morgan fingerprint density at radius 2 is 2.22 bits per heavy atom. The quantitative estimate of drug-likeness (QED) is 0.765. The summed E-state index contributed by atoms with van der Waals surface area (Å²) in [6.07, 6.45) is 5.52. The van der Waals surface area contributed by atoms with Gasteiger partial charge in [-0.05, 0) is 25.3 Å². The maximum absolute atomic E-state index is 12.8. The van der Waals surface area contributed by atoms with Crippen LogP contribution in [0.3, 0.4) is 0 Å². The summed E-state index contributed by atoms with van der Waals surface area (Å²) in [4.78, 5) is 26.4. The molecule has 0 spiro atoms. The van der Waals surface area contributed by atoms with Gasteiger partial charge in [-0.15, -0.1) is 0 Å². The lowest BCUT2D eigenvalue weighted by molar-refractivity contribution is -0.154. The number of likely N-dealkylation sites (tertiary alicyclic amines) is 1. The number of carbonyl (C=O) groups is 2. The maximum atomic E-state index is 12.8. The van der Waals surface area contributed by atoms with Gasteiger partial charge < -0.3 is 14.4 Å². The van der Waals surface area contributed by atoms with Crippen LogP contribution in [0.25, 0.3) is 0 Å². The molecule has 3 rings (SSSR count). The van der Waals surface area contributed by atoms with Crippen molar-refractivity contribution in [2.75, 3.05) is 7.11 Å². The molecule has 4 atom stereocenters. The zero-order valence-electron chi connectivity index (χ0n) is 13.8. The monoisotopic (exact) mass is 321 g/mol. The first kappa shape index (κ1) is 16.0. The van der Waals surface area contributed by atoms with Crippen LogP contribution in [0.5, 0.6) is 0 Å². The predicted octanol–water partition coefficient (Wildman–Crippen LogP) is 0.673. The molecule has 0 radical (unpaired) electrons. The van der Waals surface area contributed by atoms with Crippen molar-refractivity contribution >= 4 is 11.9 Å². The normalized spacial score (nSPS) is 30.1. The van der Waals surface area contributed by atoms with Crippen molar-refractivity contribution < 1.29 is 19.1 Å². The standard InChI is InChI=1S/C16H23N3O4/c1-10-4-5-13-12(7-14(23-13)16(21)22-3)19(10)15(20)6-11-8-17-18(2)9-11/h8-10,12-14H,4-7H2,1-3H3/t10-,12+,13-,14-/m0/s1. The fraction of sp³-hybridized carbons (Fsp3) is 0.688. The van der Waals surface area contributed by atoms with Gasteiger partial charge >= 0.3 is 5.97 Å². The number of methoxy groups -OCH3 is 1. The number of nitrogens with zero attached hydrogens (tertiary/aromatic N) is 3. The van der Waals surface area contributed by atoms with Crippen molar-refractivity contribution in [3.8, 4) is 0 Å². The van der Waals surface area contributed by atoms with Crippen molar-refractivity contribution in [2.45, 2.75) is 56.9 Å². The van der Waals surface area contributed by atoms with Gasteiger partial charge in [-0.3, -0.25) is 9.48 Å². The van der Waals surface area contributed by atoms with Gasteiger partial charge in [-0.1, -0.05) is 0 Å². The topological polar surface area (TPSA) is 73.7 Å². The number of hydrogen-bond donors (Lipinski definition) is 0. The van der Waals surface area contributed by atoms with Gasteiger partial charge in [0.2, 0.25) is 5.91 Å². The SMILES string of the molecule is COC(=O)[C@@H]1C[C@@H]2[C@H](CC[C@H](C)N2C(=O)Cc2cnn(C)c2)O1. The Morgan fingerprint density at radius 1 is 1.43 bits per heavy atom. The average Bonchev–Trinajstić information content (AvgIpc) is 3.12. The number of aromatic nitrogens is 2. The van der Waals surface area contributed by atoms with E-state index in [4.69, 9.17) is 9.47 Å². The van der Waals surface area contributed by atoms with E-state index in [1.165, 1.54) is 7.11 Å². The lowest BCUT2D eigenvalue weighted by Gasteiger charge is -2.41. The highest BCUT2D eigenvalue weighted by Gasteiger charge is 2.47. The molecule has 7 heteroatoms. The molecule has 0 N–H and O–H groups in total. The number of amides is 1. The highest BCUT2D eigenvalue weighted by atomic mass is 16.6. The van der Waals surface area contributed by atoms with E-state index in [9.17, 15) is 9.59 Å². The molecule has 126 valence electrons. The van der Waals surface area contributed by atoms with Crippen LogP contribution in [0.2, 0.25) is 0 Å². The van der Waals surface area contributed by atoms with Crippen LogP contribution in [0.4, 0.5) is 0 Å². The number of esters is 1. The minimum Gasteiger partial charge on any atom is -0.467 e. The summed E-state index contributed by atoms with van der Waals surface area (Å²) in [5.41, 5.74) is 0.898. The van der Waals surface area contributed by atoms with Crippen molar-refractivity contribution in [3.05, 3.63) is 18.0 Å². The van der Waals surface area contributed by atoms with Gasteiger partial charge in [-0.25, -0.2) is 4.79 Å². The molecule has 2 aliphatic rings. The Kier molecular flexibility index (Phi) is 4.39. The number of hydrogen-bond acceptors (Lipinski definition) is 5. The van der Waals surface area contributed by atoms with Gasteiger partial charge in [0.15, 0.2) is 6.10 Å². The first-order chi connectivity index (χ1) is 11.0. The summed E-state index contributed by atoms with van der Waals surface area (Å²) in [7, 11) is 3.20. The van der Waals surface area contributed by atoms with E-state index in [-0.39, 0.29) is 30.1 Å². The van der Waals surface area contributed by atoms with Gasteiger partial charge in [0.25, 0.3) is 0 Å². The molecule has 2 saturated heterocycles. The van der Waals surface area contributed by atoms with Crippen LogP contribution in [0, 0.1) is 0 Å². The number of carbonyl (C=O) groups excluding carboxylic acids is 2. The smallest absolute Gasteiger partial charge is 0.335 e. The largest absolute Gasteiger partial charge is 0.467 e. The van der Waals surface area contributed by atoms with Crippen molar-refractivity contribution in [1.82, 2.24) is 14.7 Å². The van der Waals surface area contributed by atoms with Gasteiger partial charge in [-0.2, -0.15) is 5.10 Å². The van der Waals surface area contributed by atoms with Crippen LogP contribution in [-0.4, -0.2) is 58.0 Å². The number of piperidine rings is 1. The van der Waals surface area contributed by atoms with Crippen molar-refractivity contribution in [2.24, 2.45) is 7.05 Å². The molecule has 1 amide bonds. The molecule has 0 aromatic carbocycles. The Bertz CT molecular complexity index is 600. The van der Waals surface area contributed by atoms with E-state index >= 15 is 0 Å². The summed E-state index contributed by atoms with van der Waals surface area (Å²) in [6.45, 7) is 2.06. The first-order valence-corrected chi connectivity index (χ1v) is 8.01. The van der Waals surface area contributed by atoms with E-state index in [1.807, 2.05) is 18.1 Å². The molecular weight excluding hydrogens is 298 g/mol. The molecule has 0 aliphatic carbocycles. The molecule has 2 aliphatic heterocycles. The summed E-state index contributed by atoms with van der Waals surface area (Å²) >= 11 is 0. The van der Waals surface area contributed by atoms with E-state index in [0.29, 0.717) is 12.8 Å². The number of fused-ring (bicyclic) bond motifs is 1. The first-order valence-electron chi connectivity index (χ1n) is 8.01. The lowest BCUT2D eigenvalue weighted by Crippen LogP contribution is -2.53. The second-order valence-electron chi connectivity index (χ2n) is 6.42. The van der Waals surface area contributed by atoms with Crippen LogP contribution in [0.15, 0.2) is 12.4 Å². The van der Waals surface area contributed by atoms with Crippen LogP contribution >= 0.6 is 0 Å².